The smallest absolute Gasteiger partial charge is 0.240 e. The summed E-state index contributed by atoms with van der Waals surface area (Å²) in [4.78, 5) is 25.0. The first-order chi connectivity index (χ1) is 12.5. The number of hydrogen-bond donors (Lipinski definition) is 2. The molecule has 0 saturated heterocycles. The van der Waals surface area contributed by atoms with Gasteiger partial charge in [0.15, 0.2) is 0 Å². The van der Waals surface area contributed by atoms with Crippen molar-refractivity contribution in [3.63, 3.8) is 0 Å². The van der Waals surface area contributed by atoms with Gasteiger partial charge in [-0.1, -0.05) is 18.2 Å². The van der Waals surface area contributed by atoms with Crippen molar-refractivity contribution < 1.29 is 18.7 Å². The molecule has 1 saturated carbocycles. The minimum Gasteiger partial charge on any atom is -0.497 e. The molecule has 0 bridgehead atoms. The van der Waals surface area contributed by atoms with Crippen molar-refractivity contribution in [1.82, 2.24) is 5.32 Å². The van der Waals surface area contributed by atoms with E-state index < -0.39 is 5.41 Å². The third kappa shape index (κ3) is 3.85. The summed E-state index contributed by atoms with van der Waals surface area (Å²) in [7, 11) is 1.57. The number of methoxy groups -OCH3 is 1. The molecule has 0 aromatic heterocycles. The van der Waals surface area contributed by atoms with Crippen LogP contribution in [-0.4, -0.2) is 25.5 Å². The fourth-order valence-corrected chi connectivity index (χ4v) is 2.79. The lowest BCUT2D eigenvalue weighted by Crippen LogP contribution is -2.40. The van der Waals surface area contributed by atoms with Gasteiger partial charge < -0.3 is 15.4 Å². The largest absolute Gasteiger partial charge is 0.497 e. The third-order valence-corrected chi connectivity index (χ3v) is 4.60. The molecule has 2 amide bonds. The molecule has 3 rings (SSSR count). The molecule has 0 heterocycles. The minimum absolute atomic E-state index is 0.289. The quantitative estimate of drug-likeness (QED) is 0.750. The number of carbonyl (C=O) groups is 2. The minimum atomic E-state index is -1.02. The lowest BCUT2D eigenvalue weighted by atomic mass is 10.0. The Morgan fingerprint density at radius 3 is 2.38 bits per heavy atom. The van der Waals surface area contributed by atoms with Crippen LogP contribution >= 0.6 is 0 Å². The summed E-state index contributed by atoms with van der Waals surface area (Å²) < 4.78 is 18.7. The molecular formula is C20H21FN2O3. The normalized spacial score (nSPS) is 14.4. The summed E-state index contributed by atoms with van der Waals surface area (Å²) in [5.74, 6) is -0.221. The molecule has 1 aliphatic carbocycles. The Labute approximate surface area is 151 Å². The highest BCUT2D eigenvalue weighted by molar-refractivity contribution is 6.13. The zero-order chi connectivity index (χ0) is 18.6. The molecule has 136 valence electrons. The lowest BCUT2D eigenvalue weighted by molar-refractivity contribution is -0.134. The van der Waals surface area contributed by atoms with E-state index in [1.807, 2.05) is 0 Å². The summed E-state index contributed by atoms with van der Waals surface area (Å²) in [6.07, 6.45) is 1.41. The average molecular weight is 356 g/mol. The van der Waals surface area contributed by atoms with Gasteiger partial charge in [-0.3, -0.25) is 9.59 Å². The van der Waals surface area contributed by atoms with Gasteiger partial charge in [0.25, 0.3) is 0 Å². The molecule has 0 unspecified atom stereocenters. The van der Waals surface area contributed by atoms with Crippen LogP contribution in [-0.2, 0) is 16.0 Å². The zero-order valence-corrected chi connectivity index (χ0v) is 14.5. The average Bonchev–Trinajstić information content (AvgIpc) is 3.46. The maximum atomic E-state index is 13.6. The van der Waals surface area contributed by atoms with E-state index in [2.05, 4.69) is 10.6 Å². The molecule has 0 aliphatic heterocycles. The number of amides is 2. The summed E-state index contributed by atoms with van der Waals surface area (Å²) >= 11 is 0. The summed E-state index contributed by atoms with van der Waals surface area (Å²) in [6.45, 7) is 0.289. The Bertz CT molecular complexity index is 801. The third-order valence-electron chi connectivity index (χ3n) is 4.60. The Kier molecular flexibility index (Phi) is 5.21. The van der Waals surface area contributed by atoms with Crippen LogP contribution in [0.5, 0.6) is 5.75 Å². The number of hydrogen-bond acceptors (Lipinski definition) is 3. The number of anilines is 1. The van der Waals surface area contributed by atoms with Crippen molar-refractivity contribution in [2.45, 2.75) is 19.3 Å². The number of carbonyl (C=O) groups excluding carboxylic acids is 2. The Balaban J connectivity index is 1.54. The molecule has 0 radical (unpaired) electrons. The van der Waals surface area contributed by atoms with Crippen LogP contribution in [0.1, 0.15) is 18.4 Å². The van der Waals surface area contributed by atoms with Crippen molar-refractivity contribution in [2.24, 2.45) is 5.41 Å². The number of halogens is 1. The second-order valence-corrected chi connectivity index (χ2v) is 6.36. The van der Waals surface area contributed by atoms with Gasteiger partial charge in [-0.25, -0.2) is 4.39 Å². The zero-order valence-electron chi connectivity index (χ0n) is 14.5. The Hall–Kier alpha value is -2.89. The molecule has 0 atom stereocenters. The van der Waals surface area contributed by atoms with E-state index in [4.69, 9.17) is 4.74 Å². The van der Waals surface area contributed by atoms with Crippen LogP contribution in [0.3, 0.4) is 0 Å². The van der Waals surface area contributed by atoms with E-state index in [0.717, 1.165) is 0 Å². The highest BCUT2D eigenvalue weighted by atomic mass is 19.1. The van der Waals surface area contributed by atoms with Gasteiger partial charge in [-0.2, -0.15) is 0 Å². The summed E-state index contributed by atoms with van der Waals surface area (Å²) in [5, 5.41) is 5.54. The van der Waals surface area contributed by atoms with Gasteiger partial charge in [-0.15, -0.1) is 0 Å². The fourth-order valence-electron chi connectivity index (χ4n) is 2.79. The van der Waals surface area contributed by atoms with Crippen molar-refractivity contribution >= 4 is 17.5 Å². The molecule has 0 spiro atoms. The molecule has 1 fully saturated rings. The van der Waals surface area contributed by atoms with Gasteiger partial charge in [0, 0.05) is 12.2 Å². The molecule has 2 aromatic carbocycles. The van der Waals surface area contributed by atoms with Crippen LogP contribution in [0.25, 0.3) is 0 Å². The molecule has 2 aromatic rings. The molecule has 6 heteroatoms. The maximum absolute atomic E-state index is 13.6. The van der Waals surface area contributed by atoms with Gasteiger partial charge in [0.05, 0.1) is 7.11 Å². The van der Waals surface area contributed by atoms with Crippen molar-refractivity contribution in [2.75, 3.05) is 19.0 Å². The van der Waals surface area contributed by atoms with E-state index in [9.17, 15) is 14.0 Å². The second-order valence-electron chi connectivity index (χ2n) is 6.36. The number of nitrogens with one attached hydrogen (secondary N) is 2. The molecule has 2 N–H and O–H groups in total. The maximum Gasteiger partial charge on any atom is 0.240 e. The first-order valence-electron chi connectivity index (χ1n) is 8.52. The fraction of sp³-hybridized carbons (Fsp3) is 0.300. The van der Waals surface area contributed by atoms with E-state index in [-0.39, 0.29) is 24.2 Å². The van der Waals surface area contributed by atoms with Gasteiger partial charge in [0.1, 0.15) is 17.0 Å². The SMILES string of the molecule is COc1ccc(NC(=O)C2(C(=O)NCCc3ccccc3F)CC2)cc1. The Morgan fingerprint density at radius 1 is 1.08 bits per heavy atom. The first kappa shape index (κ1) is 17.9. The van der Waals surface area contributed by atoms with Crippen molar-refractivity contribution in [3.8, 4) is 5.75 Å². The van der Waals surface area contributed by atoms with E-state index in [0.29, 0.717) is 36.3 Å². The number of rotatable bonds is 7. The first-order valence-corrected chi connectivity index (χ1v) is 8.52. The molecule has 5 nitrogen and oxygen atoms in total. The van der Waals surface area contributed by atoms with E-state index in [1.54, 1.807) is 49.6 Å². The predicted molar refractivity (Wildman–Crippen MR) is 96.4 cm³/mol. The van der Waals surface area contributed by atoms with Crippen LogP contribution in [0.15, 0.2) is 48.5 Å². The van der Waals surface area contributed by atoms with E-state index >= 15 is 0 Å². The van der Waals surface area contributed by atoms with E-state index in [1.165, 1.54) is 6.07 Å². The number of ether oxygens (including phenoxy) is 1. The van der Waals surface area contributed by atoms with Crippen molar-refractivity contribution in [1.29, 1.82) is 0 Å². The van der Waals surface area contributed by atoms with Gasteiger partial charge in [0.2, 0.25) is 11.8 Å². The summed E-state index contributed by atoms with van der Waals surface area (Å²) in [6, 6.07) is 13.4. The lowest BCUT2D eigenvalue weighted by Gasteiger charge is -2.15. The highest BCUT2D eigenvalue weighted by Crippen LogP contribution is 2.46. The van der Waals surface area contributed by atoms with Gasteiger partial charge >= 0.3 is 0 Å². The predicted octanol–water partition coefficient (Wildman–Crippen LogP) is 2.91. The second kappa shape index (κ2) is 7.56. The standard InChI is InChI=1S/C20H21FN2O3/c1-26-16-8-6-15(7-9-16)23-19(25)20(11-12-20)18(24)22-13-10-14-4-2-3-5-17(14)21/h2-9H,10-13H2,1H3,(H,22,24)(H,23,25). The molecule has 1 aliphatic rings. The summed E-state index contributed by atoms with van der Waals surface area (Å²) in [5.41, 5.74) is 0.136. The van der Waals surface area contributed by atoms with Crippen LogP contribution in [0.4, 0.5) is 10.1 Å². The highest BCUT2D eigenvalue weighted by Gasteiger charge is 2.56. The molecule has 26 heavy (non-hydrogen) atoms. The van der Waals surface area contributed by atoms with Crippen LogP contribution < -0.4 is 15.4 Å². The number of benzene rings is 2. The molecular weight excluding hydrogens is 335 g/mol. The Morgan fingerprint density at radius 2 is 1.77 bits per heavy atom. The van der Waals surface area contributed by atoms with Crippen LogP contribution in [0, 0.1) is 11.2 Å². The van der Waals surface area contributed by atoms with Gasteiger partial charge in [-0.05, 0) is 55.2 Å². The topological polar surface area (TPSA) is 67.4 Å². The van der Waals surface area contributed by atoms with Crippen LogP contribution in [0.2, 0.25) is 0 Å². The monoisotopic (exact) mass is 356 g/mol. The van der Waals surface area contributed by atoms with Crippen molar-refractivity contribution in [3.05, 3.63) is 59.9 Å².